The number of hydrogen-bond acceptors (Lipinski definition) is 4. The first kappa shape index (κ1) is 19.4. The van der Waals surface area contributed by atoms with Gasteiger partial charge in [0.05, 0.1) is 5.54 Å². The van der Waals surface area contributed by atoms with E-state index in [1.165, 1.54) is 0 Å². The van der Waals surface area contributed by atoms with Gasteiger partial charge in [0.2, 0.25) is 5.91 Å². The number of nitrogens with one attached hydrogen (secondary N) is 1. The van der Waals surface area contributed by atoms with Crippen molar-refractivity contribution in [1.82, 2.24) is 15.1 Å². The highest BCUT2D eigenvalue weighted by molar-refractivity contribution is 5.84. The fourth-order valence-corrected chi connectivity index (χ4v) is 2.47. The normalized spacial score (nSPS) is 16.7. The van der Waals surface area contributed by atoms with E-state index >= 15 is 0 Å². The summed E-state index contributed by atoms with van der Waals surface area (Å²) in [7, 11) is 6.28. The zero-order chi connectivity index (χ0) is 15.9. The predicted octanol–water partition coefficient (Wildman–Crippen LogP) is 0.891. The predicted molar refractivity (Wildman–Crippen MR) is 85.8 cm³/mol. The lowest BCUT2D eigenvalue weighted by Gasteiger charge is -2.35. The summed E-state index contributed by atoms with van der Waals surface area (Å²) in [4.78, 5) is 16.2. The smallest absolute Gasteiger partial charge is 0.237 e. The molecular weight excluding hydrogens is 252 g/mol. The SMILES string of the molecule is CC(C)NC(C)(CC(C)N(C)CCCN(C)C)C(N)=O. The fourth-order valence-electron chi connectivity index (χ4n) is 2.47. The molecule has 0 aliphatic heterocycles. The molecule has 0 heterocycles. The molecule has 0 aromatic carbocycles. The molecule has 5 nitrogen and oxygen atoms in total. The monoisotopic (exact) mass is 286 g/mol. The minimum atomic E-state index is -0.649. The molecule has 0 saturated heterocycles. The molecule has 0 aliphatic rings. The summed E-state index contributed by atoms with van der Waals surface area (Å²) in [6.07, 6.45) is 1.84. The van der Waals surface area contributed by atoms with Crippen LogP contribution in [0.15, 0.2) is 0 Å². The highest BCUT2D eigenvalue weighted by atomic mass is 16.1. The van der Waals surface area contributed by atoms with Crippen molar-refractivity contribution in [3.05, 3.63) is 0 Å². The topological polar surface area (TPSA) is 61.6 Å². The van der Waals surface area contributed by atoms with Crippen LogP contribution in [0, 0.1) is 0 Å². The zero-order valence-electron chi connectivity index (χ0n) is 14.4. The highest BCUT2D eigenvalue weighted by Crippen LogP contribution is 2.16. The van der Waals surface area contributed by atoms with Crippen LogP contribution >= 0.6 is 0 Å². The summed E-state index contributed by atoms with van der Waals surface area (Å²) >= 11 is 0. The Bertz CT molecular complexity index is 294. The van der Waals surface area contributed by atoms with Crippen LogP contribution in [0.3, 0.4) is 0 Å². The van der Waals surface area contributed by atoms with Crippen LogP contribution in [0.4, 0.5) is 0 Å². The van der Waals surface area contributed by atoms with E-state index in [4.69, 9.17) is 5.73 Å². The van der Waals surface area contributed by atoms with Crippen molar-refractivity contribution < 1.29 is 4.79 Å². The largest absolute Gasteiger partial charge is 0.368 e. The average Bonchev–Trinajstić information content (AvgIpc) is 2.26. The van der Waals surface area contributed by atoms with Crippen molar-refractivity contribution >= 4 is 5.91 Å². The molecule has 0 bridgehead atoms. The maximum atomic E-state index is 11.8. The lowest BCUT2D eigenvalue weighted by molar-refractivity contribution is -0.124. The number of carbonyl (C=O) groups excluding carboxylic acids is 1. The second-order valence-electron chi connectivity index (χ2n) is 6.69. The summed E-state index contributed by atoms with van der Waals surface area (Å²) in [6, 6.07) is 0.541. The number of hydrogen-bond donors (Lipinski definition) is 2. The number of primary amides is 1. The number of rotatable bonds is 10. The third-order valence-electron chi connectivity index (χ3n) is 3.72. The molecule has 0 aromatic heterocycles. The lowest BCUT2D eigenvalue weighted by Crippen LogP contribution is -2.58. The van der Waals surface area contributed by atoms with Gasteiger partial charge < -0.3 is 20.9 Å². The summed E-state index contributed by atoms with van der Waals surface area (Å²) in [6.45, 7) is 10.2. The van der Waals surface area contributed by atoms with Gasteiger partial charge in [-0.1, -0.05) is 0 Å². The van der Waals surface area contributed by atoms with Gasteiger partial charge in [-0.3, -0.25) is 4.79 Å². The Kier molecular flexibility index (Phi) is 8.32. The van der Waals surface area contributed by atoms with Gasteiger partial charge in [-0.25, -0.2) is 0 Å². The van der Waals surface area contributed by atoms with E-state index in [0.717, 1.165) is 25.9 Å². The number of carbonyl (C=O) groups is 1. The molecule has 2 atom stereocenters. The standard InChI is InChI=1S/C15H34N4O/c1-12(2)17-15(4,14(16)20)11-13(3)19(7)10-8-9-18(5)6/h12-13,17H,8-11H2,1-7H3,(H2,16,20). The molecule has 1 amide bonds. The third kappa shape index (κ3) is 7.22. The van der Waals surface area contributed by atoms with Gasteiger partial charge in [-0.2, -0.15) is 0 Å². The molecule has 0 saturated carbocycles. The van der Waals surface area contributed by atoms with Crippen LogP contribution in [0.25, 0.3) is 0 Å². The van der Waals surface area contributed by atoms with Crippen LogP contribution in [0.1, 0.15) is 40.5 Å². The van der Waals surface area contributed by atoms with Crippen LogP contribution in [-0.4, -0.2) is 67.6 Å². The Balaban J connectivity index is 4.44. The maximum absolute atomic E-state index is 11.8. The minimum Gasteiger partial charge on any atom is -0.368 e. The second-order valence-corrected chi connectivity index (χ2v) is 6.69. The quantitative estimate of drug-likeness (QED) is 0.626. The van der Waals surface area contributed by atoms with Crippen LogP contribution in [0.2, 0.25) is 0 Å². The fraction of sp³-hybridized carbons (Fsp3) is 0.933. The molecule has 0 rings (SSSR count). The van der Waals surface area contributed by atoms with E-state index in [1.807, 2.05) is 20.8 Å². The molecule has 5 heteroatoms. The molecule has 120 valence electrons. The summed E-state index contributed by atoms with van der Waals surface area (Å²) in [5.41, 5.74) is 4.93. The molecule has 3 N–H and O–H groups in total. The second kappa shape index (κ2) is 8.60. The Morgan fingerprint density at radius 2 is 1.75 bits per heavy atom. The molecule has 0 aromatic rings. The van der Waals surface area contributed by atoms with E-state index in [0.29, 0.717) is 6.04 Å². The lowest BCUT2D eigenvalue weighted by atomic mass is 9.91. The summed E-state index contributed by atoms with van der Waals surface area (Å²) in [5, 5.41) is 3.31. The first-order valence-electron chi connectivity index (χ1n) is 7.51. The number of nitrogens with two attached hydrogens (primary N) is 1. The van der Waals surface area contributed by atoms with Gasteiger partial charge in [-0.15, -0.1) is 0 Å². The van der Waals surface area contributed by atoms with Crippen LogP contribution < -0.4 is 11.1 Å². The molecular formula is C15H34N4O. The van der Waals surface area contributed by atoms with E-state index in [-0.39, 0.29) is 11.9 Å². The molecule has 20 heavy (non-hydrogen) atoms. The van der Waals surface area contributed by atoms with Crippen molar-refractivity contribution in [2.45, 2.75) is 58.2 Å². The zero-order valence-corrected chi connectivity index (χ0v) is 14.4. The van der Waals surface area contributed by atoms with E-state index in [1.54, 1.807) is 0 Å². The van der Waals surface area contributed by atoms with E-state index < -0.39 is 5.54 Å². The van der Waals surface area contributed by atoms with Gasteiger partial charge in [0.15, 0.2) is 0 Å². The van der Waals surface area contributed by atoms with Crippen LogP contribution in [-0.2, 0) is 4.79 Å². The van der Waals surface area contributed by atoms with Gasteiger partial charge in [0, 0.05) is 12.1 Å². The summed E-state index contributed by atoms with van der Waals surface area (Å²) < 4.78 is 0. The number of nitrogens with zero attached hydrogens (tertiary/aromatic N) is 2. The van der Waals surface area contributed by atoms with E-state index in [2.05, 4.69) is 43.2 Å². The Morgan fingerprint density at radius 3 is 2.15 bits per heavy atom. The first-order chi connectivity index (χ1) is 9.08. The molecule has 0 radical (unpaired) electrons. The van der Waals surface area contributed by atoms with Crippen molar-refractivity contribution in [3.63, 3.8) is 0 Å². The van der Waals surface area contributed by atoms with Gasteiger partial charge in [0.25, 0.3) is 0 Å². The molecule has 0 spiro atoms. The molecule has 2 unspecified atom stereocenters. The van der Waals surface area contributed by atoms with E-state index in [9.17, 15) is 4.79 Å². The Morgan fingerprint density at radius 1 is 1.20 bits per heavy atom. The molecule has 0 fully saturated rings. The van der Waals surface area contributed by atoms with Crippen molar-refractivity contribution in [2.75, 3.05) is 34.2 Å². The minimum absolute atomic E-state index is 0.235. The average molecular weight is 286 g/mol. The van der Waals surface area contributed by atoms with Crippen molar-refractivity contribution in [3.8, 4) is 0 Å². The summed E-state index contributed by atoms with van der Waals surface area (Å²) in [5.74, 6) is -0.278. The van der Waals surface area contributed by atoms with Gasteiger partial charge >= 0.3 is 0 Å². The Labute approximate surface area is 124 Å². The van der Waals surface area contributed by atoms with Crippen LogP contribution in [0.5, 0.6) is 0 Å². The van der Waals surface area contributed by atoms with Crippen molar-refractivity contribution in [2.24, 2.45) is 5.73 Å². The number of amides is 1. The van der Waals surface area contributed by atoms with Crippen molar-refractivity contribution in [1.29, 1.82) is 0 Å². The Hall–Kier alpha value is -0.650. The van der Waals surface area contributed by atoms with Gasteiger partial charge in [0.1, 0.15) is 0 Å². The van der Waals surface area contributed by atoms with Gasteiger partial charge in [-0.05, 0) is 74.8 Å². The highest BCUT2D eigenvalue weighted by Gasteiger charge is 2.34. The maximum Gasteiger partial charge on any atom is 0.237 e. The molecule has 0 aliphatic carbocycles. The third-order valence-corrected chi connectivity index (χ3v) is 3.72. The first-order valence-corrected chi connectivity index (χ1v) is 7.51.